The molecule has 4 saturated heterocycles. The Kier molecular flexibility index (Phi) is 3.89. The maximum absolute atomic E-state index is 12.7. The van der Waals surface area contributed by atoms with E-state index in [9.17, 15) is 13.2 Å². The van der Waals surface area contributed by atoms with E-state index in [2.05, 4.69) is 0 Å². The highest BCUT2D eigenvalue weighted by Gasteiger charge is 2.73. The monoisotopic (exact) mass is 432 g/mol. The normalized spacial score (nSPS) is 40.1. The molecule has 2 aromatic rings. The van der Waals surface area contributed by atoms with Crippen LogP contribution in [0, 0.1) is 0 Å². The lowest BCUT2D eigenvalue weighted by Gasteiger charge is -2.63. The maximum atomic E-state index is 12.7. The summed E-state index contributed by atoms with van der Waals surface area (Å²) in [5, 5.41) is 0. The Labute approximate surface area is 171 Å². The quantitative estimate of drug-likeness (QED) is 0.662. The van der Waals surface area contributed by atoms with Crippen molar-refractivity contribution in [2.45, 2.75) is 42.6 Å². The Hall–Kier alpha value is -2.34. The second-order valence-corrected chi connectivity index (χ2v) is 8.64. The number of ether oxygens (including phenoxy) is 4. The molecule has 7 atom stereocenters. The average molecular weight is 432 g/mol. The Balaban J connectivity index is 1.38. The van der Waals surface area contributed by atoms with Crippen LogP contribution in [0.15, 0.2) is 60.7 Å². The molecule has 0 N–H and O–H groups in total. The van der Waals surface area contributed by atoms with Gasteiger partial charge in [-0.25, -0.2) is 13.2 Å². The van der Waals surface area contributed by atoms with E-state index < -0.39 is 59.0 Å². The third-order valence-electron chi connectivity index (χ3n) is 5.65. The minimum atomic E-state index is -4.26. The Morgan fingerprint density at radius 3 is 1.90 bits per heavy atom. The van der Waals surface area contributed by atoms with Crippen LogP contribution >= 0.6 is 0 Å². The highest BCUT2D eigenvalue weighted by Crippen LogP contribution is 2.54. The number of carbonyl (C=O) groups excluding carboxylic acids is 1. The Morgan fingerprint density at radius 2 is 1.30 bits per heavy atom. The molecule has 5 fully saturated rings. The van der Waals surface area contributed by atoms with Crippen molar-refractivity contribution in [1.82, 2.24) is 0 Å². The molecule has 4 aliphatic heterocycles. The zero-order valence-corrected chi connectivity index (χ0v) is 16.1. The first-order chi connectivity index (χ1) is 14.5. The van der Waals surface area contributed by atoms with Gasteiger partial charge in [-0.05, 0) is 12.1 Å². The average Bonchev–Trinajstić information content (AvgIpc) is 2.76. The predicted octanol–water partition coefficient (Wildman–Crippen LogP) is 1.25. The molecule has 1 saturated carbocycles. The Bertz CT molecular complexity index is 1060. The van der Waals surface area contributed by atoms with Crippen LogP contribution in [0.4, 0.5) is 0 Å². The van der Waals surface area contributed by atoms with Crippen molar-refractivity contribution in [3.63, 3.8) is 0 Å². The summed E-state index contributed by atoms with van der Waals surface area (Å²) in [6.07, 6.45) is -5.62. The third-order valence-corrected chi connectivity index (χ3v) is 6.57. The summed E-state index contributed by atoms with van der Waals surface area (Å²) < 4.78 is 58.2. The highest BCUT2D eigenvalue weighted by molar-refractivity contribution is 7.82. The smallest absolute Gasteiger partial charge is 0.400 e. The van der Waals surface area contributed by atoms with E-state index in [4.69, 9.17) is 27.3 Å². The van der Waals surface area contributed by atoms with Crippen molar-refractivity contribution in [2.24, 2.45) is 0 Å². The fourth-order valence-corrected chi connectivity index (χ4v) is 5.43. The lowest BCUT2D eigenvalue weighted by atomic mass is 9.81. The first kappa shape index (κ1) is 18.4. The SMILES string of the molecule is O=C(OC1[C@H]2OC3(c4ccccc4)OC4[C@H]2OS(=O)(=O)O[C@@H]4[C@H]1O3)c1ccccc1. The molecular weight excluding hydrogens is 416 g/mol. The summed E-state index contributed by atoms with van der Waals surface area (Å²) in [4.78, 5) is 12.7. The molecule has 6 bridgehead atoms. The summed E-state index contributed by atoms with van der Waals surface area (Å²) in [7, 11) is -4.26. The van der Waals surface area contributed by atoms with Crippen LogP contribution < -0.4 is 0 Å². The van der Waals surface area contributed by atoms with Crippen molar-refractivity contribution >= 4 is 16.4 Å². The first-order valence-electron chi connectivity index (χ1n) is 9.42. The predicted molar refractivity (Wildman–Crippen MR) is 97.1 cm³/mol. The van der Waals surface area contributed by atoms with Crippen molar-refractivity contribution in [2.75, 3.05) is 0 Å². The molecule has 9 nitrogen and oxygen atoms in total. The molecular formula is C20H16O9S. The van der Waals surface area contributed by atoms with Crippen molar-refractivity contribution < 1.29 is 40.5 Å². The molecule has 30 heavy (non-hydrogen) atoms. The summed E-state index contributed by atoms with van der Waals surface area (Å²) in [6.45, 7) is 0. The molecule has 0 spiro atoms. The fourth-order valence-electron chi connectivity index (χ4n) is 4.41. The van der Waals surface area contributed by atoms with Gasteiger partial charge in [-0.1, -0.05) is 48.5 Å². The molecule has 0 amide bonds. The van der Waals surface area contributed by atoms with E-state index in [1.165, 1.54) is 0 Å². The molecule has 156 valence electrons. The van der Waals surface area contributed by atoms with Gasteiger partial charge in [0.05, 0.1) is 5.56 Å². The molecule has 0 radical (unpaired) electrons. The number of carbonyl (C=O) groups is 1. The highest BCUT2D eigenvalue weighted by atomic mass is 32.3. The van der Waals surface area contributed by atoms with E-state index in [1.807, 2.05) is 6.07 Å². The lowest BCUT2D eigenvalue weighted by Crippen LogP contribution is -2.80. The van der Waals surface area contributed by atoms with Gasteiger partial charge in [0, 0.05) is 5.56 Å². The molecule has 3 unspecified atom stereocenters. The van der Waals surface area contributed by atoms with Gasteiger partial charge < -0.3 is 18.9 Å². The van der Waals surface area contributed by atoms with Gasteiger partial charge >= 0.3 is 22.3 Å². The number of hydrogen-bond acceptors (Lipinski definition) is 9. The van der Waals surface area contributed by atoms with Crippen LogP contribution in [0.5, 0.6) is 0 Å². The van der Waals surface area contributed by atoms with Gasteiger partial charge in [-0.2, -0.15) is 8.42 Å². The second-order valence-electron chi connectivity index (χ2n) is 7.44. The second kappa shape index (κ2) is 6.33. The molecule has 4 heterocycles. The number of hydrogen-bond donors (Lipinski definition) is 0. The molecule has 5 aliphatic rings. The topological polar surface area (TPSA) is 107 Å². The van der Waals surface area contributed by atoms with Crippen LogP contribution in [0.2, 0.25) is 0 Å². The van der Waals surface area contributed by atoms with E-state index in [1.54, 1.807) is 54.6 Å². The first-order valence-corrected chi connectivity index (χ1v) is 10.8. The van der Waals surface area contributed by atoms with Crippen molar-refractivity contribution in [3.05, 3.63) is 71.8 Å². The number of benzene rings is 2. The summed E-state index contributed by atoms with van der Waals surface area (Å²) in [5.74, 6) is -2.14. The molecule has 2 aromatic carbocycles. The standard InChI is InChI=1S/C20H16O9S/c21-19(11-7-3-1-4-8-11)24-13-14-17-16-18(29-30(22,23)28-17)15(13)26-20(25-14,27-16)12-9-5-2-6-10-12/h1-10,13-18H/t13?,14-,15+,16?,17+,18-,20?. The number of rotatable bonds is 3. The van der Waals surface area contributed by atoms with Crippen LogP contribution in [-0.2, 0) is 43.7 Å². The van der Waals surface area contributed by atoms with Gasteiger partial charge in [0.15, 0.2) is 6.10 Å². The van der Waals surface area contributed by atoms with E-state index in [0.29, 0.717) is 11.1 Å². The van der Waals surface area contributed by atoms with Gasteiger partial charge in [0.2, 0.25) is 0 Å². The van der Waals surface area contributed by atoms with E-state index in [0.717, 1.165) is 0 Å². The largest absolute Gasteiger partial charge is 0.453 e. The zero-order valence-electron chi connectivity index (χ0n) is 15.3. The van der Waals surface area contributed by atoms with Crippen LogP contribution in [0.1, 0.15) is 15.9 Å². The van der Waals surface area contributed by atoms with Crippen LogP contribution in [0.3, 0.4) is 0 Å². The van der Waals surface area contributed by atoms with Crippen LogP contribution in [0.25, 0.3) is 0 Å². The zero-order chi connectivity index (χ0) is 20.5. The summed E-state index contributed by atoms with van der Waals surface area (Å²) >= 11 is 0. The van der Waals surface area contributed by atoms with Crippen molar-refractivity contribution in [1.29, 1.82) is 0 Å². The summed E-state index contributed by atoms with van der Waals surface area (Å²) in [6, 6.07) is 17.4. The minimum Gasteiger partial charge on any atom is -0.453 e. The van der Waals surface area contributed by atoms with E-state index in [-0.39, 0.29) is 0 Å². The third kappa shape index (κ3) is 2.66. The molecule has 1 aliphatic carbocycles. The van der Waals surface area contributed by atoms with Crippen LogP contribution in [-0.4, -0.2) is 51.0 Å². The summed E-state index contributed by atoms with van der Waals surface area (Å²) in [5.41, 5.74) is 0.943. The van der Waals surface area contributed by atoms with E-state index >= 15 is 0 Å². The number of esters is 1. The minimum absolute atomic E-state index is 0.347. The van der Waals surface area contributed by atoms with Gasteiger partial charge in [0.1, 0.15) is 30.5 Å². The fraction of sp³-hybridized carbons (Fsp3) is 0.350. The maximum Gasteiger partial charge on any atom is 0.400 e. The van der Waals surface area contributed by atoms with Crippen molar-refractivity contribution in [3.8, 4) is 0 Å². The molecule has 10 heteroatoms. The van der Waals surface area contributed by atoms with Gasteiger partial charge in [-0.3, -0.25) is 0 Å². The molecule has 0 aromatic heterocycles. The molecule has 7 rings (SSSR count). The lowest BCUT2D eigenvalue weighted by molar-refractivity contribution is -0.548. The van der Waals surface area contributed by atoms with Gasteiger partial charge in [-0.15, -0.1) is 0 Å². The Morgan fingerprint density at radius 1 is 0.767 bits per heavy atom. The van der Waals surface area contributed by atoms with Gasteiger partial charge in [0.25, 0.3) is 0 Å².